The second-order valence-corrected chi connectivity index (χ2v) is 6.76. The normalized spacial score (nSPS) is 10.4. The molecule has 0 saturated heterocycles. The lowest BCUT2D eigenvalue weighted by molar-refractivity contribution is -0.136. The molecule has 2 aromatic carbocycles. The number of aryl methyl sites for hydroxylation is 2. The van der Waals surface area contributed by atoms with E-state index >= 15 is 0 Å². The number of rotatable bonds is 7. The Morgan fingerprint density at radius 2 is 1.88 bits per heavy atom. The summed E-state index contributed by atoms with van der Waals surface area (Å²) in [5.74, 6) is 0.389. The van der Waals surface area contributed by atoms with E-state index in [0.717, 1.165) is 28.1 Å². The van der Waals surface area contributed by atoms with Gasteiger partial charge in [-0.05, 0) is 54.8 Å². The smallest absolute Gasteiger partial charge is 0.304 e. The van der Waals surface area contributed by atoms with Crippen molar-refractivity contribution in [2.24, 2.45) is 0 Å². The fraction of sp³-hybridized carbons (Fsp3) is 0.263. The quantitative estimate of drug-likeness (QED) is 0.737. The molecule has 1 amide bonds. The summed E-state index contributed by atoms with van der Waals surface area (Å²) in [6.45, 7) is 4.00. The van der Waals surface area contributed by atoms with Crippen molar-refractivity contribution < 1.29 is 14.7 Å². The van der Waals surface area contributed by atoms with Crippen LogP contribution < -0.4 is 5.32 Å². The SMILES string of the molecule is Cc1ccc(C(=O)Nc2cccc(CSCCC(=O)O)c2)cc1C. The summed E-state index contributed by atoms with van der Waals surface area (Å²) in [7, 11) is 0. The minimum Gasteiger partial charge on any atom is -0.481 e. The lowest BCUT2D eigenvalue weighted by Gasteiger charge is -2.09. The highest BCUT2D eigenvalue weighted by atomic mass is 32.2. The number of carboxylic acid groups (broad SMARTS) is 1. The molecule has 0 saturated carbocycles. The van der Waals surface area contributed by atoms with E-state index in [1.54, 1.807) is 11.8 Å². The molecule has 5 heteroatoms. The van der Waals surface area contributed by atoms with Crippen molar-refractivity contribution in [2.45, 2.75) is 26.0 Å². The fourth-order valence-electron chi connectivity index (χ4n) is 2.17. The molecule has 0 heterocycles. The molecule has 0 radical (unpaired) electrons. The Hall–Kier alpha value is -2.27. The number of carboxylic acids is 1. The topological polar surface area (TPSA) is 66.4 Å². The Morgan fingerprint density at radius 3 is 2.58 bits per heavy atom. The average Bonchev–Trinajstić information content (AvgIpc) is 2.54. The van der Waals surface area contributed by atoms with Gasteiger partial charge in [-0.25, -0.2) is 0 Å². The first-order chi connectivity index (χ1) is 11.5. The molecule has 0 aliphatic heterocycles. The van der Waals surface area contributed by atoms with Gasteiger partial charge in [0.05, 0.1) is 6.42 Å². The highest BCUT2D eigenvalue weighted by Gasteiger charge is 2.07. The van der Waals surface area contributed by atoms with Gasteiger partial charge in [-0.1, -0.05) is 18.2 Å². The highest BCUT2D eigenvalue weighted by Crippen LogP contribution is 2.18. The molecule has 126 valence electrons. The molecule has 0 aliphatic rings. The number of carbonyl (C=O) groups is 2. The Bertz CT molecular complexity index is 743. The summed E-state index contributed by atoms with van der Waals surface area (Å²) in [6, 6.07) is 13.3. The average molecular weight is 343 g/mol. The van der Waals surface area contributed by atoms with E-state index in [2.05, 4.69) is 5.32 Å². The maximum Gasteiger partial charge on any atom is 0.304 e. The molecule has 4 nitrogen and oxygen atoms in total. The van der Waals surface area contributed by atoms with E-state index in [-0.39, 0.29) is 12.3 Å². The predicted molar refractivity (Wildman–Crippen MR) is 98.7 cm³/mol. The van der Waals surface area contributed by atoms with Gasteiger partial charge in [0, 0.05) is 22.8 Å². The van der Waals surface area contributed by atoms with Crippen molar-refractivity contribution in [1.29, 1.82) is 0 Å². The summed E-state index contributed by atoms with van der Waals surface area (Å²) in [5, 5.41) is 11.5. The molecule has 2 N–H and O–H groups in total. The van der Waals surface area contributed by atoms with Gasteiger partial charge in [0.2, 0.25) is 0 Å². The molecule has 24 heavy (non-hydrogen) atoms. The van der Waals surface area contributed by atoms with Gasteiger partial charge >= 0.3 is 5.97 Å². The number of nitrogens with one attached hydrogen (secondary N) is 1. The van der Waals surface area contributed by atoms with Crippen molar-refractivity contribution in [1.82, 2.24) is 0 Å². The number of anilines is 1. The second-order valence-electron chi connectivity index (χ2n) is 5.65. The minimum atomic E-state index is -0.781. The number of hydrogen-bond donors (Lipinski definition) is 2. The second kappa shape index (κ2) is 8.55. The Morgan fingerprint density at radius 1 is 1.08 bits per heavy atom. The third kappa shape index (κ3) is 5.42. The predicted octanol–water partition coefficient (Wildman–Crippen LogP) is 4.26. The third-order valence-corrected chi connectivity index (χ3v) is 4.71. The van der Waals surface area contributed by atoms with Crippen molar-refractivity contribution in [3.8, 4) is 0 Å². The van der Waals surface area contributed by atoms with Crippen molar-refractivity contribution in [3.63, 3.8) is 0 Å². The van der Waals surface area contributed by atoms with Crippen LogP contribution in [-0.4, -0.2) is 22.7 Å². The number of hydrogen-bond acceptors (Lipinski definition) is 3. The number of thioether (sulfide) groups is 1. The molecule has 2 aromatic rings. The van der Waals surface area contributed by atoms with Crippen LogP contribution in [0.2, 0.25) is 0 Å². The molecule has 0 aromatic heterocycles. The molecule has 0 atom stereocenters. The van der Waals surface area contributed by atoms with Gasteiger partial charge in [0.15, 0.2) is 0 Å². The first-order valence-electron chi connectivity index (χ1n) is 7.73. The first-order valence-corrected chi connectivity index (χ1v) is 8.88. The number of aliphatic carboxylic acids is 1. The van der Waals surface area contributed by atoms with Crippen LogP contribution in [-0.2, 0) is 10.5 Å². The lowest BCUT2D eigenvalue weighted by Crippen LogP contribution is -2.12. The van der Waals surface area contributed by atoms with E-state index in [4.69, 9.17) is 5.11 Å². The Balaban J connectivity index is 1.96. The fourth-order valence-corrected chi connectivity index (χ4v) is 3.05. The van der Waals surface area contributed by atoms with E-state index in [1.165, 1.54) is 0 Å². The van der Waals surface area contributed by atoms with Gasteiger partial charge in [-0.3, -0.25) is 9.59 Å². The van der Waals surface area contributed by atoms with Gasteiger partial charge in [0.1, 0.15) is 0 Å². The van der Waals surface area contributed by atoms with Crippen LogP contribution in [0.15, 0.2) is 42.5 Å². The van der Waals surface area contributed by atoms with Crippen molar-refractivity contribution >= 4 is 29.3 Å². The Labute approximate surface area is 146 Å². The molecule has 0 spiro atoms. The monoisotopic (exact) mass is 343 g/mol. The molecule has 0 fully saturated rings. The number of amides is 1. The van der Waals surface area contributed by atoms with E-state index in [0.29, 0.717) is 11.3 Å². The number of carbonyl (C=O) groups excluding carboxylic acids is 1. The van der Waals surface area contributed by atoms with Gasteiger partial charge in [-0.2, -0.15) is 11.8 Å². The molecule has 0 bridgehead atoms. The first kappa shape index (κ1) is 18.1. The Kier molecular flexibility index (Phi) is 6.44. The molecule has 2 rings (SSSR count). The van der Waals surface area contributed by atoms with Gasteiger partial charge < -0.3 is 10.4 Å². The molecular formula is C19H21NO3S. The summed E-state index contributed by atoms with van der Waals surface area (Å²) in [4.78, 5) is 22.8. The van der Waals surface area contributed by atoms with Crippen LogP contribution in [0.3, 0.4) is 0 Å². The van der Waals surface area contributed by atoms with E-state index < -0.39 is 5.97 Å². The summed E-state index contributed by atoms with van der Waals surface area (Å²) < 4.78 is 0. The third-order valence-electron chi connectivity index (χ3n) is 3.68. The van der Waals surface area contributed by atoms with Gasteiger partial charge in [0.25, 0.3) is 5.91 Å². The zero-order valence-corrected chi connectivity index (χ0v) is 14.7. The van der Waals surface area contributed by atoms with Crippen molar-refractivity contribution in [2.75, 3.05) is 11.1 Å². The van der Waals surface area contributed by atoms with Gasteiger partial charge in [-0.15, -0.1) is 0 Å². The molecule has 0 aliphatic carbocycles. The van der Waals surface area contributed by atoms with Crippen LogP contribution in [0.4, 0.5) is 5.69 Å². The van der Waals surface area contributed by atoms with Crippen LogP contribution in [0.1, 0.15) is 33.5 Å². The van der Waals surface area contributed by atoms with Crippen LogP contribution >= 0.6 is 11.8 Å². The summed E-state index contributed by atoms with van der Waals surface area (Å²) >= 11 is 1.57. The van der Waals surface area contributed by atoms with Crippen LogP contribution in [0.25, 0.3) is 0 Å². The zero-order valence-electron chi connectivity index (χ0n) is 13.8. The van der Waals surface area contributed by atoms with Crippen molar-refractivity contribution in [3.05, 3.63) is 64.7 Å². The lowest BCUT2D eigenvalue weighted by atomic mass is 10.1. The van der Waals surface area contributed by atoms with Crippen LogP contribution in [0.5, 0.6) is 0 Å². The summed E-state index contributed by atoms with van der Waals surface area (Å²) in [5.41, 5.74) is 4.69. The number of benzene rings is 2. The zero-order chi connectivity index (χ0) is 17.5. The maximum atomic E-state index is 12.3. The summed E-state index contributed by atoms with van der Waals surface area (Å²) in [6.07, 6.45) is 0.161. The minimum absolute atomic E-state index is 0.131. The van der Waals surface area contributed by atoms with Crippen LogP contribution in [0, 0.1) is 13.8 Å². The standard InChI is InChI=1S/C19H21NO3S/c1-13-6-7-16(10-14(13)2)19(23)20-17-5-3-4-15(11-17)12-24-9-8-18(21)22/h3-7,10-11H,8-9,12H2,1-2H3,(H,20,23)(H,21,22). The molecule has 0 unspecified atom stereocenters. The van der Waals surface area contributed by atoms with E-state index in [9.17, 15) is 9.59 Å². The largest absolute Gasteiger partial charge is 0.481 e. The van der Waals surface area contributed by atoms with E-state index in [1.807, 2.05) is 56.3 Å². The highest BCUT2D eigenvalue weighted by molar-refractivity contribution is 7.98. The maximum absolute atomic E-state index is 12.3. The molecular weight excluding hydrogens is 322 g/mol.